The number of thiophene rings is 1. The van der Waals surface area contributed by atoms with E-state index in [0.717, 1.165) is 10.1 Å². The maximum Gasteiger partial charge on any atom is 0.267 e. The Morgan fingerprint density at radius 1 is 1.17 bits per heavy atom. The predicted molar refractivity (Wildman–Crippen MR) is 97.8 cm³/mol. The number of fused-ring (bicyclic) bond motifs is 1. The molecule has 6 heteroatoms. The average Bonchev–Trinajstić information content (AvgIpc) is 2.91. The van der Waals surface area contributed by atoms with Crippen LogP contribution in [0.2, 0.25) is 5.02 Å². The van der Waals surface area contributed by atoms with Gasteiger partial charge in [-0.1, -0.05) is 23.7 Å². The quantitative estimate of drug-likeness (QED) is 0.665. The zero-order chi connectivity index (χ0) is 17.3. The first-order valence-electron chi connectivity index (χ1n) is 7.18. The molecule has 24 heavy (non-hydrogen) atoms. The number of carbonyl (C=O) groups excluding carboxylic acids is 2. The van der Waals surface area contributed by atoms with Crippen molar-refractivity contribution in [2.75, 3.05) is 12.4 Å². The second-order valence-electron chi connectivity index (χ2n) is 5.20. The van der Waals surface area contributed by atoms with Gasteiger partial charge in [-0.25, -0.2) is 0 Å². The van der Waals surface area contributed by atoms with Gasteiger partial charge in [-0.05, 0) is 37.3 Å². The minimum atomic E-state index is -0.305. The van der Waals surface area contributed by atoms with Crippen molar-refractivity contribution in [1.82, 2.24) is 0 Å². The van der Waals surface area contributed by atoms with Crippen LogP contribution in [0.1, 0.15) is 27.0 Å². The lowest BCUT2D eigenvalue weighted by molar-refractivity contribution is 0.101. The largest absolute Gasteiger partial charge is 0.497 e. The zero-order valence-corrected chi connectivity index (χ0v) is 14.6. The van der Waals surface area contributed by atoms with E-state index >= 15 is 0 Å². The first kappa shape index (κ1) is 16.5. The monoisotopic (exact) mass is 359 g/mol. The van der Waals surface area contributed by atoms with Gasteiger partial charge >= 0.3 is 0 Å². The number of nitrogens with one attached hydrogen (secondary N) is 1. The van der Waals surface area contributed by atoms with Crippen LogP contribution in [0.5, 0.6) is 5.75 Å². The van der Waals surface area contributed by atoms with Crippen LogP contribution < -0.4 is 10.1 Å². The molecule has 0 unspecified atom stereocenters. The lowest BCUT2D eigenvalue weighted by atomic mass is 10.1. The van der Waals surface area contributed by atoms with E-state index in [1.165, 1.54) is 18.3 Å². The Kier molecular flexibility index (Phi) is 4.55. The van der Waals surface area contributed by atoms with E-state index in [1.54, 1.807) is 37.4 Å². The van der Waals surface area contributed by atoms with Crippen LogP contribution in [0.3, 0.4) is 0 Å². The molecule has 4 nitrogen and oxygen atoms in total. The number of anilines is 1. The number of Topliss-reactive ketones (excluding diaryl/α,β-unsaturated/α-hetero) is 1. The molecule has 3 aromatic rings. The summed E-state index contributed by atoms with van der Waals surface area (Å²) in [5, 5.41) is 4.01. The van der Waals surface area contributed by atoms with Crippen LogP contribution in [0.4, 0.5) is 5.69 Å². The second-order valence-corrected chi connectivity index (χ2v) is 6.63. The van der Waals surface area contributed by atoms with E-state index in [4.69, 9.17) is 16.3 Å². The summed E-state index contributed by atoms with van der Waals surface area (Å²) in [6.45, 7) is 1.48. The van der Waals surface area contributed by atoms with Gasteiger partial charge in [-0.2, -0.15) is 0 Å². The first-order valence-corrected chi connectivity index (χ1v) is 8.37. The van der Waals surface area contributed by atoms with Gasteiger partial charge in [0.25, 0.3) is 5.91 Å². The fourth-order valence-electron chi connectivity index (χ4n) is 2.32. The van der Waals surface area contributed by atoms with Crippen molar-refractivity contribution in [1.29, 1.82) is 0 Å². The Morgan fingerprint density at radius 2 is 1.96 bits per heavy atom. The normalized spacial score (nSPS) is 10.6. The average molecular weight is 360 g/mol. The van der Waals surface area contributed by atoms with Gasteiger partial charge in [0.2, 0.25) is 0 Å². The van der Waals surface area contributed by atoms with E-state index in [9.17, 15) is 9.59 Å². The molecule has 0 aliphatic rings. The summed E-state index contributed by atoms with van der Waals surface area (Å²) < 4.78 is 6.07. The fourth-order valence-corrected chi connectivity index (χ4v) is 3.76. The fraction of sp³-hybridized carbons (Fsp3) is 0.111. The molecule has 2 aromatic carbocycles. The molecule has 1 heterocycles. The maximum absolute atomic E-state index is 12.5. The molecule has 3 rings (SSSR count). The molecule has 0 spiro atoms. The van der Waals surface area contributed by atoms with Gasteiger partial charge in [-0.15, -0.1) is 11.3 Å². The van der Waals surface area contributed by atoms with Crippen LogP contribution in [-0.4, -0.2) is 18.8 Å². The van der Waals surface area contributed by atoms with Gasteiger partial charge in [0.15, 0.2) is 5.78 Å². The number of benzene rings is 2. The predicted octanol–water partition coefficient (Wildman–Crippen LogP) is 5.02. The highest BCUT2D eigenvalue weighted by Gasteiger charge is 2.18. The Bertz CT molecular complexity index is 949. The van der Waals surface area contributed by atoms with E-state index in [1.807, 2.05) is 12.1 Å². The topological polar surface area (TPSA) is 55.4 Å². The Balaban J connectivity index is 1.92. The molecule has 0 radical (unpaired) electrons. The van der Waals surface area contributed by atoms with Crippen molar-refractivity contribution in [3.63, 3.8) is 0 Å². The van der Waals surface area contributed by atoms with Crippen LogP contribution in [0.15, 0.2) is 42.5 Å². The van der Waals surface area contributed by atoms with Crippen LogP contribution in [0, 0.1) is 0 Å². The molecule has 0 fully saturated rings. The molecule has 0 saturated carbocycles. The molecule has 0 saturated heterocycles. The number of hydrogen-bond acceptors (Lipinski definition) is 4. The molecular formula is C18H14ClNO3S. The highest BCUT2D eigenvalue weighted by Crippen LogP contribution is 2.37. The van der Waals surface area contributed by atoms with Crippen molar-refractivity contribution in [2.24, 2.45) is 0 Å². The van der Waals surface area contributed by atoms with Gasteiger partial charge in [0.1, 0.15) is 10.6 Å². The summed E-state index contributed by atoms with van der Waals surface area (Å²) in [4.78, 5) is 24.4. The molecule has 0 aliphatic heterocycles. The summed E-state index contributed by atoms with van der Waals surface area (Å²) in [5.41, 5.74) is 1.10. The molecule has 1 amide bonds. The SMILES string of the molecule is COc1ccc2c(Cl)c(C(=O)Nc3cccc(C(C)=O)c3)sc2c1. The molecule has 0 atom stereocenters. The Labute approximate surface area is 148 Å². The number of rotatable bonds is 4. The summed E-state index contributed by atoms with van der Waals surface area (Å²) >= 11 is 7.65. The third-order valence-electron chi connectivity index (χ3n) is 3.57. The third-order valence-corrected chi connectivity index (χ3v) is 5.23. The highest BCUT2D eigenvalue weighted by atomic mass is 35.5. The van der Waals surface area contributed by atoms with E-state index in [-0.39, 0.29) is 11.7 Å². The van der Waals surface area contributed by atoms with Crippen LogP contribution in [0.25, 0.3) is 10.1 Å². The van der Waals surface area contributed by atoms with Gasteiger partial charge in [-0.3, -0.25) is 9.59 Å². The second kappa shape index (κ2) is 6.63. The van der Waals surface area contributed by atoms with Gasteiger partial charge in [0.05, 0.1) is 12.1 Å². The standard InChI is InChI=1S/C18H14ClNO3S/c1-10(21)11-4-3-5-12(8-11)20-18(22)17-16(19)14-7-6-13(23-2)9-15(14)24-17/h3-9H,1-2H3,(H,20,22). The summed E-state index contributed by atoms with van der Waals surface area (Å²) in [5.74, 6) is 0.348. The number of ketones is 1. The van der Waals surface area contributed by atoms with Crippen molar-refractivity contribution in [2.45, 2.75) is 6.92 Å². The number of ether oxygens (including phenoxy) is 1. The first-order chi connectivity index (χ1) is 11.5. The third kappa shape index (κ3) is 3.13. The van der Waals surface area contributed by atoms with E-state index in [0.29, 0.717) is 26.9 Å². The minimum Gasteiger partial charge on any atom is -0.497 e. The van der Waals surface area contributed by atoms with Crippen molar-refractivity contribution in [3.05, 3.63) is 57.9 Å². The van der Waals surface area contributed by atoms with E-state index in [2.05, 4.69) is 5.32 Å². The molecular weight excluding hydrogens is 346 g/mol. The van der Waals surface area contributed by atoms with Gasteiger partial charge in [0, 0.05) is 21.3 Å². The minimum absolute atomic E-state index is 0.0573. The summed E-state index contributed by atoms with van der Waals surface area (Å²) in [6, 6.07) is 12.3. The lowest BCUT2D eigenvalue weighted by Crippen LogP contribution is -2.11. The number of hydrogen-bond donors (Lipinski definition) is 1. The molecule has 122 valence electrons. The molecule has 1 N–H and O–H groups in total. The Morgan fingerprint density at radius 3 is 2.67 bits per heavy atom. The smallest absolute Gasteiger partial charge is 0.267 e. The van der Waals surface area contributed by atoms with Crippen molar-refractivity contribution in [3.8, 4) is 5.75 Å². The molecule has 0 bridgehead atoms. The van der Waals surface area contributed by atoms with E-state index < -0.39 is 0 Å². The number of methoxy groups -OCH3 is 1. The zero-order valence-electron chi connectivity index (χ0n) is 13.1. The van der Waals surface area contributed by atoms with Crippen molar-refractivity contribution >= 4 is 50.4 Å². The maximum atomic E-state index is 12.5. The summed E-state index contributed by atoms with van der Waals surface area (Å²) in [6.07, 6.45) is 0. The van der Waals surface area contributed by atoms with Crippen LogP contribution >= 0.6 is 22.9 Å². The lowest BCUT2D eigenvalue weighted by Gasteiger charge is -2.05. The number of amides is 1. The summed E-state index contributed by atoms with van der Waals surface area (Å²) in [7, 11) is 1.59. The number of carbonyl (C=O) groups is 2. The van der Waals surface area contributed by atoms with Crippen molar-refractivity contribution < 1.29 is 14.3 Å². The molecule has 0 aliphatic carbocycles. The Hall–Kier alpha value is -2.37. The van der Waals surface area contributed by atoms with Gasteiger partial charge < -0.3 is 10.1 Å². The van der Waals surface area contributed by atoms with Crippen LogP contribution in [-0.2, 0) is 0 Å². The highest BCUT2D eigenvalue weighted by molar-refractivity contribution is 7.21. The number of halogens is 1. The molecule has 1 aromatic heterocycles.